The molecule has 182 valence electrons. The molecule has 2 aromatic carbocycles. The average molecular weight is 467 g/mol. The van der Waals surface area contributed by atoms with Gasteiger partial charge in [-0.2, -0.15) is 0 Å². The molecule has 0 saturated carbocycles. The van der Waals surface area contributed by atoms with Crippen LogP contribution in [0.15, 0.2) is 54.6 Å². The van der Waals surface area contributed by atoms with E-state index in [9.17, 15) is 14.7 Å². The molecule has 0 aromatic heterocycles. The largest absolute Gasteiger partial charge is 0.490 e. The van der Waals surface area contributed by atoms with Crippen LogP contribution in [0.4, 0.5) is 0 Å². The minimum Gasteiger partial charge on any atom is -0.490 e. The monoisotopic (exact) mass is 466 g/mol. The van der Waals surface area contributed by atoms with Gasteiger partial charge < -0.3 is 19.7 Å². The maximum atomic E-state index is 11.4. The molecule has 0 radical (unpaired) electrons. The molecule has 0 aliphatic carbocycles. The van der Waals surface area contributed by atoms with Crippen molar-refractivity contribution in [1.29, 1.82) is 0 Å². The van der Waals surface area contributed by atoms with Gasteiger partial charge in [-0.1, -0.05) is 57.7 Å². The van der Waals surface area contributed by atoms with Crippen LogP contribution < -0.4 is 9.47 Å². The van der Waals surface area contributed by atoms with E-state index in [1.807, 2.05) is 18.2 Å². The number of benzene rings is 2. The fourth-order valence-corrected chi connectivity index (χ4v) is 3.31. The van der Waals surface area contributed by atoms with Gasteiger partial charge in [0.05, 0.1) is 18.8 Å². The predicted molar refractivity (Wildman–Crippen MR) is 135 cm³/mol. The molecule has 0 saturated heterocycles. The van der Waals surface area contributed by atoms with Crippen LogP contribution in [-0.4, -0.2) is 35.4 Å². The van der Waals surface area contributed by atoms with E-state index in [-0.39, 0.29) is 5.56 Å². The van der Waals surface area contributed by atoms with Gasteiger partial charge in [0.25, 0.3) is 0 Å². The first-order valence-corrected chi connectivity index (χ1v) is 11.8. The smallest absolute Gasteiger partial charge is 0.335 e. The molecular weight excluding hydrogens is 432 g/mol. The van der Waals surface area contributed by atoms with E-state index in [1.165, 1.54) is 18.2 Å². The highest BCUT2D eigenvalue weighted by atomic mass is 16.5. The van der Waals surface area contributed by atoms with Crippen molar-refractivity contribution in [2.75, 3.05) is 13.2 Å². The molecule has 0 spiro atoms. The van der Waals surface area contributed by atoms with Gasteiger partial charge in [0.1, 0.15) is 0 Å². The van der Waals surface area contributed by atoms with Gasteiger partial charge in [0.15, 0.2) is 11.5 Å². The van der Waals surface area contributed by atoms with E-state index in [2.05, 4.69) is 13.8 Å². The minimum absolute atomic E-state index is 0.128. The fourth-order valence-electron chi connectivity index (χ4n) is 3.31. The zero-order valence-electron chi connectivity index (χ0n) is 20.0. The third-order valence-electron chi connectivity index (χ3n) is 5.15. The second-order valence-electron chi connectivity index (χ2n) is 7.97. The molecule has 0 atom stereocenters. The van der Waals surface area contributed by atoms with Gasteiger partial charge in [-0.15, -0.1) is 0 Å². The number of carboxylic acid groups (broad SMARTS) is 2. The molecule has 34 heavy (non-hydrogen) atoms. The first-order valence-electron chi connectivity index (χ1n) is 11.8. The molecule has 0 amide bonds. The highest BCUT2D eigenvalue weighted by molar-refractivity contribution is 5.94. The van der Waals surface area contributed by atoms with Crippen molar-refractivity contribution in [3.63, 3.8) is 0 Å². The summed E-state index contributed by atoms with van der Waals surface area (Å²) in [6, 6.07) is 12.0. The summed E-state index contributed by atoms with van der Waals surface area (Å²) in [5.74, 6) is -0.811. The topological polar surface area (TPSA) is 93.1 Å². The van der Waals surface area contributed by atoms with Crippen LogP contribution in [0.2, 0.25) is 0 Å². The maximum Gasteiger partial charge on any atom is 0.335 e. The van der Waals surface area contributed by atoms with Gasteiger partial charge in [-0.05, 0) is 66.0 Å². The Labute approximate surface area is 201 Å². The number of unbranched alkanes of at least 4 members (excludes halogenated alkanes) is 4. The van der Waals surface area contributed by atoms with Crippen molar-refractivity contribution in [3.8, 4) is 11.5 Å². The lowest BCUT2D eigenvalue weighted by molar-refractivity contribution is -0.131. The Hall–Kier alpha value is -3.54. The normalized spacial score (nSPS) is 11.5. The summed E-state index contributed by atoms with van der Waals surface area (Å²) in [6.07, 6.45) is 10.6. The SMILES string of the molecule is CCCCCOc1ccc(/C=C(/C=C/C(=O)O)c2cccc(C(=O)O)c2)cc1OCCCCC. The van der Waals surface area contributed by atoms with Crippen molar-refractivity contribution in [3.05, 3.63) is 71.3 Å². The number of ether oxygens (including phenoxy) is 2. The number of carbonyl (C=O) groups is 2. The number of carboxylic acids is 2. The van der Waals surface area contributed by atoms with Crippen molar-refractivity contribution in [1.82, 2.24) is 0 Å². The molecule has 0 aliphatic heterocycles. The highest BCUT2D eigenvalue weighted by Crippen LogP contribution is 2.31. The fraction of sp³-hybridized carbons (Fsp3) is 0.357. The second-order valence-corrected chi connectivity index (χ2v) is 7.97. The van der Waals surface area contributed by atoms with E-state index >= 15 is 0 Å². The van der Waals surface area contributed by atoms with Crippen LogP contribution in [-0.2, 0) is 4.79 Å². The van der Waals surface area contributed by atoms with Gasteiger partial charge in [-0.3, -0.25) is 0 Å². The van der Waals surface area contributed by atoms with Crippen LogP contribution in [0.5, 0.6) is 11.5 Å². The van der Waals surface area contributed by atoms with E-state index in [4.69, 9.17) is 14.6 Å². The van der Waals surface area contributed by atoms with E-state index in [1.54, 1.807) is 18.2 Å². The number of aliphatic carboxylic acids is 1. The molecule has 6 nitrogen and oxygen atoms in total. The summed E-state index contributed by atoms with van der Waals surface area (Å²) < 4.78 is 12.0. The molecule has 0 fully saturated rings. The Balaban J connectivity index is 2.40. The molecule has 6 heteroatoms. The number of aromatic carboxylic acids is 1. The Kier molecular flexibility index (Phi) is 11.5. The lowest BCUT2D eigenvalue weighted by Crippen LogP contribution is -2.03. The van der Waals surface area contributed by atoms with Crippen LogP contribution in [0.3, 0.4) is 0 Å². The highest BCUT2D eigenvalue weighted by Gasteiger charge is 2.09. The standard InChI is InChI=1S/C28H34O6/c1-3-5-7-16-33-25-14-12-21(19-26(25)34-17-8-6-4-2)18-23(13-15-27(29)30)22-10-9-11-24(20-22)28(31)32/h9-15,18-20H,3-8,16-17H2,1-2H3,(H,29,30)(H,31,32)/b15-13+,23-18-. The van der Waals surface area contributed by atoms with Crippen LogP contribution >= 0.6 is 0 Å². The number of hydrogen-bond donors (Lipinski definition) is 2. The molecule has 2 N–H and O–H groups in total. The van der Waals surface area contributed by atoms with Crippen molar-refractivity contribution in [2.45, 2.75) is 52.4 Å². The van der Waals surface area contributed by atoms with Gasteiger partial charge >= 0.3 is 11.9 Å². The Bertz CT molecular complexity index is 1010. The first-order chi connectivity index (χ1) is 16.4. The summed E-state index contributed by atoms with van der Waals surface area (Å²) >= 11 is 0. The summed E-state index contributed by atoms with van der Waals surface area (Å²) in [5, 5.41) is 18.4. The summed E-state index contributed by atoms with van der Waals surface area (Å²) in [5.41, 5.74) is 2.09. The van der Waals surface area contributed by atoms with Crippen LogP contribution in [0.25, 0.3) is 11.6 Å². The average Bonchev–Trinajstić information content (AvgIpc) is 2.83. The van der Waals surface area contributed by atoms with E-state index < -0.39 is 11.9 Å². The second kappa shape index (κ2) is 14.6. The van der Waals surface area contributed by atoms with E-state index in [0.717, 1.165) is 50.2 Å². The Morgan fingerprint density at radius 1 is 0.794 bits per heavy atom. The summed E-state index contributed by atoms with van der Waals surface area (Å²) in [7, 11) is 0. The number of hydrogen-bond acceptors (Lipinski definition) is 4. The van der Waals surface area contributed by atoms with Gasteiger partial charge in [-0.25, -0.2) is 9.59 Å². The lowest BCUT2D eigenvalue weighted by Gasteiger charge is -2.14. The van der Waals surface area contributed by atoms with Crippen LogP contribution in [0.1, 0.15) is 73.9 Å². The maximum absolute atomic E-state index is 11.4. The Morgan fingerprint density at radius 2 is 1.44 bits per heavy atom. The van der Waals surface area contributed by atoms with Crippen molar-refractivity contribution in [2.24, 2.45) is 0 Å². The number of rotatable bonds is 15. The lowest BCUT2D eigenvalue weighted by atomic mass is 10.00. The molecule has 0 aliphatic rings. The predicted octanol–water partition coefficient (Wildman–Crippen LogP) is 6.70. The van der Waals surface area contributed by atoms with Crippen LogP contribution in [0, 0.1) is 0 Å². The first kappa shape index (κ1) is 26.7. The third-order valence-corrected chi connectivity index (χ3v) is 5.15. The van der Waals surface area contributed by atoms with E-state index in [0.29, 0.717) is 35.8 Å². The molecule has 0 bridgehead atoms. The molecule has 0 heterocycles. The molecule has 0 unspecified atom stereocenters. The number of allylic oxidation sites excluding steroid dienone is 2. The molecule has 2 aromatic rings. The van der Waals surface area contributed by atoms with Gasteiger partial charge in [0.2, 0.25) is 0 Å². The third kappa shape index (κ3) is 9.14. The summed E-state index contributed by atoms with van der Waals surface area (Å²) in [4.78, 5) is 22.5. The quantitative estimate of drug-likeness (QED) is 0.131. The van der Waals surface area contributed by atoms with Crippen molar-refractivity contribution < 1.29 is 29.3 Å². The summed E-state index contributed by atoms with van der Waals surface area (Å²) in [6.45, 7) is 5.48. The molecule has 2 rings (SSSR count). The molecular formula is C28H34O6. The minimum atomic E-state index is -1.09. The Morgan fingerprint density at radius 3 is 2.06 bits per heavy atom. The van der Waals surface area contributed by atoms with Crippen molar-refractivity contribution >= 4 is 23.6 Å². The zero-order chi connectivity index (χ0) is 24.8. The van der Waals surface area contributed by atoms with Gasteiger partial charge in [0, 0.05) is 6.08 Å². The zero-order valence-corrected chi connectivity index (χ0v) is 20.0.